The topological polar surface area (TPSA) is 198 Å². The average molecular weight is 750 g/mol. The lowest BCUT2D eigenvalue weighted by Crippen LogP contribution is -2.48. The van der Waals surface area contributed by atoms with Crippen molar-refractivity contribution >= 4 is 45.2 Å². The van der Waals surface area contributed by atoms with E-state index in [1.807, 2.05) is 52.0 Å². The Hall–Kier alpha value is -4.79. The van der Waals surface area contributed by atoms with Gasteiger partial charge in [0, 0.05) is 30.1 Å². The number of nitrogens with one attached hydrogen (secondary N) is 4. The van der Waals surface area contributed by atoms with Crippen molar-refractivity contribution < 1.29 is 27.5 Å². The third kappa shape index (κ3) is 10.6. The van der Waals surface area contributed by atoms with Crippen molar-refractivity contribution in [2.75, 3.05) is 11.9 Å². The second-order valence-corrected chi connectivity index (χ2v) is 16.0. The molecule has 1 aromatic heterocycles. The van der Waals surface area contributed by atoms with Gasteiger partial charge >= 0.3 is 6.09 Å². The minimum absolute atomic E-state index is 0.0398. The van der Waals surface area contributed by atoms with Crippen LogP contribution in [0.4, 0.5) is 10.5 Å². The number of ether oxygens (including phenoxy) is 1. The van der Waals surface area contributed by atoms with Crippen LogP contribution in [0.1, 0.15) is 57.6 Å². The maximum Gasteiger partial charge on any atom is 0.407 e. The molecule has 0 unspecified atom stereocenters. The molecule has 52 heavy (non-hydrogen) atoms. The highest BCUT2D eigenvalue weighted by atomic mass is 35.5. The molecule has 1 aliphatic rings. The Labute approximate surface area is 308 Å². The number of halogens is 1. The van der Waals surface area contributed by atoms with Gasteiger partial charge in [0.15, 0.2) is 5.82 Å². The summed E-state index contributed by atoms with van der Waals surface area (Å²) in [5, 5.41) is 22.0. The van der Waals surface area contributed by atoms with Crippen molar-refractivity contribution in [1.29, 1.82) is 0 Å². The fourth-order valence-corrected chi connectivity index (χ4v) is 6.90. The molecular formula is C37H44ClN7O6S. The molecule has 15 heteroatoms. The van der Waals surface area contributed by atoms with Gasteiger partial charge in [0.1, 0.15) is 11.6 Å². The summed E-state index contributed by atoms with van der Waals surface area (Å²) >= 11 is 5.86. The first kappa shape index (κ1) is 38.4. The summed E-state index contributed by atoms with van der Waals surface area (Å²) in [5.74, 6) is -0.130. The minimum atomic E-state index is -3.83. The molecule has 1 fully saturated rings. The fraction of sp³-hybridized carbons (Fsp3) is 0.378. The molecule has 3 aromatic carbocycles. The largest absolute Gasteiger partial charge is 0.444 e. The predicted octanol–water partition coefficient (Wildman–Crippen LogP) is 5.75. The number of aromatic amines is 1. The number of aromatic nitrogens is 3. The first-order chi connectivity index (χ1) is 24.5. The van der Waals surface area contributed by atoms with Gasteiger partial charge in [-0.1, -0.05) is 30.3 Å². The number of nitrogens with zero attached hydrogens (tertiary/aromatic N) is 2. The molecule has 1 aliphatic carbocycles. The van der Waals surface area contributed by atoms with E-state index >= 15 is 0 Å². The average Bonchev–Trinajstić information content (AvgIpc) is 3.53. The number of benzene rings is 3. The zero-order valence-corrected chi connectivity index (χ0v) is 31.1. The van der Waals surface area contributed by atoms with Crippen molar-refractivity contribution in [3.63, 3.8) is 0 Å². The number of H-pyrrole nitrogens is 1. The van der Waals surface area contributed by atoms with Gasteiger partial charge in [0.2, 0.25) is 27.1 Å². The number of carbonyl (C=O) groups excluding carboxylic acids is 3. The van der Waals surface area contributed by atoms with Crippen LogP contribution in [-0.2, 0) is 30.8 Å². The number of carbonyl (C=O) groups is 3. The summed E-state index contributed by atoms with van der Waals surface area (Å²) in [6.07, 6.45) is 2.55. The van der Waals surface area contributed by atoms with Gasteiger partial charge in [-0.05, 0) is 130 Å². The third-order valence-electron chi connectivity index (χ3n) is 8.90. The number of rotatable bonds is 11. The molecule has 1 atom stereocenters. The molecule has 0 radical (unpaired) electrons. The first-order valence-corrected chi connectivity index (χ1v) is 19.0. The van der Waals surface area contributed by atoms with Crippen LogP contribution >= 0.6 is 11.6 Å². The SMILES string of the molecule is Cc1cc(S(N)(=O)=O)ccc1-c1ccc(C[C@H](NC(=O)[C@H]2CC[C@H](CNC(=O)OC(C)(C)C)CC2)C(=O)Nc2ccc(-c3nnc(Cl)[nH]3)cc2)cc1. The van der Waals surface area contributed by atoms with E-state index in [0.29, 0.717) is 30.9 Å². The van der Waals surface area contributed by atoms with E-state index in [4.69, 9.17) is 21.5 Å². The maximum atomic E-state index is 13.8. The van der Waals surface area contributed by atoms with E-state index in [-0.39, 0.29) is 40.3 Å². The molecular weight excluding hydrogens is 706 g/mol. The van der Waals surface area contributed by atoms with Gasteiger partial charge in [-0.2, -0.15) is 0 Å². The Morgan fingerprint density at radius 2 is 1.62 bits per heavy atom. The molecule has 6 N–H and O–H groups in total. The van der Waals surface area contributed by atoms with Gasteiger partial charge < -0.3 is 25.7 Å². The summed E-state index contributed by atoms with van der Waals surface area (Å²) in [4.78, 5) is 42.4. The first-order valence-electron chi connectivity index (χ1n) is 17.0. The lowest BCUT2D eigenvalue weighted by molar-refractivity contribution is -0.130. The van der Waals surface area contributed by atoms with Crippen LogP contribution in [0.2, 0.25) is 5.28 Å². The highest BCUT2D eigenvalue weighted by Gasteiger charge is 2.30. The van der Waals surface area contributed by atoms with E-state index in [2.05, 4.69) is 31.1 Å². The Morgan fingerprint density at radius 1 is 0.962 bits per heavy atom. The molecule has 5 rings (SSSR count). The molecule has 276 valence electrons. The molecule has 3 amide bonds. The summed E-state index contributed by atoms with van der Waals surface area (Å²) in [6.45, 7) is 7.72. The van der Waals surface area contributed by atoms with Crippen molar-refractivity contribution in [3.8, 4) is 22.5 Å². The van der Waals surface area contributed by atoms with E-state index in [1.165, 1.54) is 12.1 Å². The molecule has 0 aliphatic heterocycles. The van der Waals surface area contributed by atoms with Crippen LogP contribution in [0.3, 0.4) is 0 Å². The highest BCUT2D eigenvalue weighted by molar-refractivity contribution is 7.89. The Kier molecular flexibility index (Phi) is 12.0. The lowest BCUT2D eigenvalue weighted by Gasteiger charge is -2.29. The molecule has 4 aromatic rings. The standard InChI is InChI=1S/C37H44ClN7O6S/c1-22-19-29(52(39,49)50)17-18-30(22)25-9-5-23(6-10-25)20-31(34(47)41-28-15-13-26(14-16-28)32-43-35(38)45-44-32)42-33(46)27-11-7-24(8-12-27)21-40-36(48)51-37(2,3)4/h5-6,9-10,13-19,24,27,31H,7-8,11-12,20-21H2,1-4H3,(H,40,48)(H,41,47)(H,42,46)(H2,39,49,50)(H,43,44,45)/t24-,27-,31-/m0/s1. The number of alkyl carbamates (subject to hydrolysis) is 1. The Morgan fingerprint density at radius 3 is 2.19 bits per heavy atom. The van der Waals surface area contributed by atoms with E-state index < -0.39 is 27.8 Å². The monoisotopic (exact) mass is 749 g/mol. The summed E-state index contributed by atoms with van der Waals surface area (Å²) in [5.41, 5.74) is 3.95. The molecule has 0 spiro atoms. The normalized spacial score (nSPS) is 16.8. The minimum Gasteiger partial charge on any atom is -0.444 e. The smallest absolute Gasteiger partial charge is 0.407 e. The quantitative estimate of drug-likeness (QED) is 0.128. The number of hydrogen-bond donors (Lipinski definition) is 5. The van der Waals surface area contributed by atoms with Gasteiger partial charge in [0.25, 0.3) is 0 Å². The van der Waals surface area contributed by atoms with Crippen LogP contribution in [0.5, 0.6) is 0 Å². The number of nitrogens with two attached hydrogens (primary N) is 1. The Balaban J connectivity index is 1.26. The molecule has 1 heterocycles. The summed E-state index contributed by atoms with van der Waals surface area (Å²) in [7, 11) is -3.83. The molecule has 0 saturated heterocycles. The summed E-state index contributed by atoms with van der Waals surface area (Å²) in [6, 6.07) is 18.4. The van der Waals surface area contributed by atoms with E-state index in [1.54, 1.807) is 30.3 Å². The number of amides is 3. The van der Waals surface area contributed by atoms with Crippen LogP contribution in [0.25, 0.3) is 22.5 Å². The van der Waals surface area contributed by atoms with E-state index in [0.717, 1.165) is 40.7 Å². The van der Waals surface area contributed by atoms with Gasteiger partial charge in [-0.25, -0.2) is 18.4 Å². The van der Waals surface area contributed by atoms with Crippen molar-refractivity contribution in [1.82, 2.24) is 25.8 Å². The third-order valence-corrected chi connectivity index (χ3v) is 9.98. The van der Waals surface area contributed by atoms with Crippen LogP contribution in [-0.4, -0.2) is 59.7 Å². The van der Waals surface area contributed by atoms with Crippen LogP contribution in [0, 0.1) is 18.8 Å². The Bertz CT molecular complexity index is 2000. The van der Waals surface area contributed by atoms with Crippen LogP contribution in [0.15, 0.2) is 71.6 Å². The molecule has 13 nitrogen and oxygen atoms in total. The number of sulfonamides is 1. The molecule has 0 bridgehead atoms. The van der Waals surface area contributed by atoms with Gasteiger partial charge in [0.05, 0.1) is 4.90 Å². The van der Waals surface area contributed by atoms with Crippen molar-refractivity contribution in [3.05, 3.63) is 83.1 Å². The van der Waals surface area contributed by atoms with Crippen LogP contribution < -0.4 is 21.1 Å². The number of anilines is 1. The van der Waals surface area contributed by atoms with Crippen molar-refractivity contribution in [2.24, 2.45) is 17.0 Å². The van der Waals surface area contributed by atoms with Gasteiger partial charge in [-0.15, -0.1) is 10.2 Å². The number of aryl methyl sites for hydroxylation is 1. The zero-order valence-electron chi connectivity index (χ0n) is 29.5. The highest BCUT2D eigenvalue weighted by Crippen LogP contribution is 2.30. The maximum absolute atomic E-state index is 13.8. The van der Waals surface area contributed by atoms with Gasteiger partial charge in [-0.3, -0.25) is 9.59 Å². The molecule has 1 saturated carbocycles. The van der Waals surface area contributed by atoms with E-state index in [9.17, 15) is 22.8 Å². The predicted molar refractivity (Wildman–Crippen MR) is 199 cm³/mol. The zero-order chi connectivity index (χ0) is 37.6. The fourth-order valence-electron chi connectivity index (χ4n) is 6.17. The second kappa shape index (κ2) is 16.3. The second-order valence-electron chi connectivity index (χ2n) is 14.1. The number of primary sulfonamides is 1. The van der Waals surface area contributed by atoms with Crippen molar-refractivity contribution in [2.45, 2.75) is 76.3 Å². The lowest BCUT2D eigenvalue weighted by atomic mass is 9.81. The number of hydrogen-bond acceptors (Lipinski definition) is 8. The summed E-state index contributed by atoms with van der Waals surface area (Å²) < 4.78 is 28.9.